The number of carbonyl (C=O) groups is 1. The standard InChI is InChI=1S/C20H22N2O2S3/c1-24-15-6-9-17-18(13-15)27-20(22(17)10-11-25-2)21-19(23)12-14-4-7-16(26-3)8-5-14/h4-9,13H,10-12H2,1-3H3. The molecule has 142 valence electrons. The molecular formula is C20H22N2O2S3. The zero-order valence-corrected chi connectivity index (χ0v) is 18.0. The average Bonchev–Trinajstić information content (AvgIpc) is 3.02. The van der Waals surface area contributed by atoms with Crippen LogP contribution < -0.4 is 9.54 Å². The fourth-order valence-electron chi connectivity index (χ4n) is 2.73. The van der Waals surface area contributed by atoms with Gasteiger partial charge in [-0.05, 0) is 48.4 Å². The molecule has 0 spiro atoms. The quantitative estimate of drug-likeness (QED) is 0.531. The normalized spacial score (nSPS) is 11.9. The number of methoxy groups -OCH3 is 1. The molecule has 0 aliphatic carbocycles. The minimum atomic E-state index is -0.122. The molecule has 0 N–H and O–H groups in total. The lowest BCUT2D eigenvalue weighted by molar-refractivity contribution is -0.117. The van der Waals surface area contributed by atoms with Crippen LogP contribution in [0.1, 0.15) is 5.56 Å². The molecule has 0 atom stereocenters. The third kappa shape index (κ3) is 4.97. The highest BCUT2D eigenvalue weighted by atomic mass is 32.2. The number of thioether (sulfide) groups is 2. The number of thiazole rings is 1. The second kappa shape index (κ2) is 9.48. The number of nitrogens with zero attached hydrogens (tertiary/aromatic N) is 2. The summed E-state index contributed by atoms with van der Waals surface area (Å²) in [7, 11) is 1.66. The molecule has 1 aromatic heterocycles. The third-order valence-corrected chi connectivity index (χ3v) is 6.52. The number of benzene rings is 2. The fraction of sp³-hybridized carbons (Fsp3) is 0.300. The number of ether oxygens (including phenoxy) is 1. The van der Waals surface area contributed by atoms with Crippen molar-refractivity contribution in [3.05, 3.63) is 52.8 Å². The van der Waals surface area contributed by atoms with E-state index in [0.29, 0.717) is 6.42 Å². The minimum Gasteiger partial charge on any atom is -0.497 e. The maximum Gasteiger partial charge on any atom is 0.252 e. The molecule has 0 aliphatic heterocycles. The highest BCUT2D eigenvalue weighted by Gasteiger charge is 2.09. The first kappa shape index (κ1) is 20.0. The zero-order chi connectivity index (χ0) is 19.2. The highest BCUT2D eigenvalue weighted by Crippen LogP contribution is 2.23. The van der Waals surface area contributed by atoms with Crippen LogP contribution >= 0.6 is 34.9 Å². The molecule has 4 nitrogen and oxygen atoms in total. The summed E-state index contributed by atoms with van der Waals surface area (Å²) in [5.41, 5.74) is 2.07. The third-order valence-electron chi connectivity index (χ3n) is 4.14. The van der Waals surface area contributed by atoms with E-state index >= 15 is 0 Å². The van der Waals surface area contributed by atoms with Gasteiger partial charge in [-0.3, -0.25) is 4.79 Å². The number of hydrogen-bond donors (Lipinski definition) is 0. The lowest BCUT2D eigenvalue weighted by Gasteiger charge is -2.04. The van der Waals surface area contributed by atoms with Crippen LogP contribution in [0.25, 0.3) is 10.2 Å². The van der Waals surface area contributed by atoms with Crippen molar-refractivity contribution in [1.29, 1.82) is 0 Å². The molecule has 0 fully saturated rings. The van der Waals surface area contributed by atoms with Crippen molar-refractivity contribution < 1.29 is 9.53 Å². The molecule has 0 unspecified atom stereocenters. The Morgan fingerprint density at radius 2 is 1.96 bits per heavy atom. The molecule has 7 heteroatoms. The van der Waals surface area contributed by atoms with Gasteiger partial charge in [0.15, 0.2) is 4.80 Å². The van der Waals surface area contributed by atoms with E-state index in [9.17, 15) is 4.79 Å². The van der Waals surface area contributed by atoms with Crippen LogP contribution in [0.4, 0.5) is 0 Å². The zero-order valence-electron chi connectivity index (χ0n) is 15.6. The Bertz CT molecular complexity index is 991. The summed E-state index contributed by atoms with van der Waals surface area (Å²) in [4.78, 5) is 18.9. The highest BCUT2D eigenvalue weighted by molar-refractivity contribution is 7.98. The Hall–Kier alpha value is -1.70. The van der Waals surface area contributed by atoms with Gasteiger partial charge in [0.05, 0.1) is 23.7 Å². The predicted molar refractivity (Wildman–Crippen MR) is 117 cm³/mol. The SMILES string of the molecule is COc1ccc2c(c1)sc(=NC(=O)Cc1ccc(SC)cc1)n2CCSC. The Labute approximate surface area is 171 Å². The predicted octanol–water partition coefficient (Wildman–Crippen LogP) is 4.47. The van der Waals surface area contributed by atoms with Crippen LogP contribution in [0.2, 0.25) is 0 Å². The van der Waals surface area contributed by atoms with Crippen LogP contribution in [0.15, 0.2) is 52.4 Å². The first-order valence-corrected chi connectivity index (χ1v) is 11.9. The van der Waals surface area contributed by atoms with E-state index in [4.69, 9.17) is 4.74 Å². The molecular weight excluding hydrogens is 396 g/mol. The van der Waals surface area contributed by atoms with E-state index in [1.54, 1.807) is 30.6 Å². The smallest absolute Gasteiger partial charge is 0.252 e. The summed E-state index contributed by atoms with van der Waals surface area (Å²) in [5, 5.41) is 0. The maximum atomic E-state index is 12.6. The fourth-order valence-corrected chi connectivity index (χ4v) is 4.60. The van der Waals surface area contributed by atoms with E-state index in [1.807, 2.05) is 48.7 Å². The van der Waals surface area contributed by atoms with E-state index in [1.165, 1.54) is 16.2 Å². The first-order chi connectivity index (χ1) is 13.1. The van der Waals surface area contributed by atoms with E-state index in [2.05, 4.69) is 15.8 Å². The summed E-state index contributed by atoms with van der Waals surface area (Å²) in [6.07, 6.45) is 4.44. The van der Waals surface area contributed by atoms with Gasteiger partial charge in [-0.15, -0.1) is 11.8 Å². The van der Waals surface area contributed by atoms with Crippen molar-refractivity contribution >= 4 is 51.0 Å². The molecule has 0 bridgehead atoms. The number of aryl methyl sites for hydroxylation is 1. The monoisotopic (exact) mass is 418 g/mol. The van der Waals surface area contributed by atoms with Gasteiger partial charge in [-0.2, -0.15) is 16.8 Å². The second-order valence-corrected chi connectivity index (χ2v) is 8.77. The van der Waals surface area contributed by atoms with Gasteiger partial charge in [0.2, 0.25) is 0 Å². The Morgan fingerprint density at radius 1 is 1.19 bits per heavy atom. The van der Waals surface area contributed by atoms with Crippen molar-refractivity contribution in [2.24, 2.45) is 4.99 Å². The van der Waals surface area contributed by atoms with Gasteiger partial charge >= 0.3 is 0 Å². The van der Waals surface area contributed by atoms with Crippen LogP contribution in [0.3, 0.4) is 0 Å². The molecule has 1 amide bonds. The Balaban J connectivity index is 1.93. The second-order valence-electron chi connectivity index (χ2n) is 5.89. The molecule has 0 saturated heterocycles. The number of fused-ring (bicyclic) bond motifs is 1. The number of hydrogen-bond acceptors (Lipinski definition) is 5. The van der Waals surface area contributed by atoms with Crippen molar-refractivity contribution in [1.82, 2.24) is 4.57 Å². The summed E-state index contributed by atoms with van der Waals surface area (Å²) < 4.78 is 8.53. The van der Waals surface area contributed by atoms with Gasteiger partial charge in [-0.25, -0.2) is 0 Å². The van der Waals surface area contributed by atoms with Gasteiger partial charge in [0.1, 0.15) is 5.75 Å². The number of carbonyl (C=O) groups excluding carboxylic acids is 1. The van der Waals surface area contributed by atoms with Gasteiger partial charge in [0.25, 0.3) is 5.91 Å². The van der Waals surface area contributed by atoms with Crippen LogP contribution in [0.5, 0.6) is 5.75 Å². The van der Waals surface area contributed by atoms with E-state index in [-0.39, 0.29) is 5.91 Å². The Kier molecular flexibility index (Phi) is 7.04. The molecule has 2 aromatic carbocycles. The van der Waals surface area contributed by atoms with Gasteiger partial charge < -0.3 is 9.30 Å². The van der Waals surface area contributed by atoms with E-state index in [0.717, 1.165) is 38.6 Å². The molecule has 3 aromatic rings. The lowest BCUT2D eigenvalue weighted by atomic mass is 10.1. The van der Waals surface area contributed by atoms with Crippen molar-refractivity contribution in [2.75, 3.05) is 25.4 Å². The average molecular weight is 419 g/mol. The topological polar surface area (TPSA) is 43.6 Å². The van der Waals surface area contributed by atoms with Crippen molar-refractivity contribution in [2.45, 2.75) is 17.9 Å². The van der Waals surface area contributed by atoms with Crippen LogP contribution in [0, 0.1) is 0 Å². The van der Waals surface area contributed by atoms with Crippen LogP contribution in [-0.2, 0) is 17.8 Å². The molecule has 0 saturated carbocycles. The summed E-state index contributed by atoms with van der Waals surface area (Å²) in [6.45, 7) is 0.821. The Morgan fingerprint density at radius 3 is 2.63 bits per heavy atom. The minimum absolute atomic E-state index is 0.122. The van der Waals surface area contributed by atoms with Gasteiger partial charge in [-0.1, -0.05) is 23.5 Å². The van der Waals surface area contributed by atoms with Crippen LogP contribution in [-0.4, -0.2) is 35.8 Å². The molecule has 1 heterocycles. The number of rotatable bonds is 7. The number of aromatic nitrogens is 1. The molecule has 3 rings (SSSR count). The van der Waals surface area contributed by atoms with Gasteiger partial charge in [0, 0.05) is 17.2 Å². The summed E-state index contributed by atoms with van der Waals surface area (Å²) in [5.74, 6) is 1.66. The first-order valence-electron chi connectivity index (χ1n) is 8.51. The maximum absolute atomic E-state index is 12.6. The number of amides is 1. The van der Waals surface area contributed by atoms with Crippen molar-refractivity contribution in [3.63, 3.8) is 0 Å². The lowest BCUT2D eigenvalue weighted by Crippen LogP contribution is -2.18. The molecule has 0 radical (unpaired) electrons. The summed E-state index contributed by atoms with van der Waals surface area (Å²) in [6, 6.07) is 14.1. The summed E-state index contributed by atoms with van der Waals surface area (Å²) >= 11 is 5.00. The molecule has 0 aliphatic rings. The van der Waals surface area contributed by atoms with E-state index < -0.39 is 0 Å². The van der Waals surface area contributed by atoms with Crippen molar-refractivity contribution in [3.8, 4) is 5.75 Å². The largest absolute Gasteiger partial charge is 0.497 e. The molecule has 27 heavy (non-hydrogen) atoms.